The molecule has 0 spiro atoms. The number of hydrogen-bond acceptors (Lipinski definition) is 0. The van der Waals surface area contributed by atoms with Gasteiger partial charge < -0.3 is 0 Å². The fourth-order valence-electron chi connectivity index (χ4n) is 3.93. The molecule has 0 saturated carbocycles. The number of rotatable bonds is 6. The molecule has 0 fully saturated rings. The molecule has 0 saturated heterocycles. The quantitative estimate of drug-likeness (QED) is 0.287. The van der Waals surface area contributed by atoms with Crippen molar-refractivity contribution in [3.05, 3.63) is 133 Å². The van der Waals surface area contributed by atoms with E-state index in [1.807, 2.05) is 0 Å². The Morgan fingerprint density at radius 1 is 0.517 bits per heavy atom. The first-order chi connectivity index (χ1) is 14.2. The van der Waals surface area contributed by atoms with E-state index in [4.69, 9.17) is 0 Å². The molecule has 0 radical (unpaired) electrons. The predicted octanol–water partition coefficient (Wildman–Crippen LogP) is 6.54. The second-order valence-electron chi connectivity index (χ2n) is 7.19. The van der Waals surface area contributed by atoms with Crippen molar-refractivity contribution in [2.24, 2.45) is 0 Å². The molecule has 4 aromatic carbocycles. The molecule has 144 valence electrons. The van der Waals surface area contributed by atoms with Crippen molar-refractivity contribution in [1.29, 1.82) is 0 Å². The Kier molecular flexibility index (Phi) is 5.81. The van der Waals surface area contributed by atoms with E-state index >= 15 is 0 Å². The molecule has 0 heterocycles. The van der Waals surface area contributed by atoms with Crippen LogP contribution in [-0.4, -0.2) is 6.16 Å². The third kappa shape index (κ3) is 3.73. The molecule has 0 aliphatic rings. The summed E-state index contributed by atoms with van der Waals surface area (Å²) in [5.74, 6) is 0. The molecule has 2 heteroatoms. The molecule has 0 aliphatic carbocycles. The zero-order valence-corrected chi connectivity index (χ0v) is 18.7. The van der Waals surface area contributed by atoms with Gasteiger partial charge in [0.1, 0.15) is 0 Å². The summed E-state index contributed by atoms with van der Waals surface area (Å²) in [4.78, 5) is 0. The third-order valence-corrected chi connectivity index (χ3v) is 15.0. The van der Waals surface area contributed by atoms with Crippen LogP contribution in [0.5, 0.6) is 0 Å². The molecule has 0 bridgehead atoms. The summed E-state index contributed by atoms with van der Waals surface area (Å²) in [6, 6.07) is 43.2. The summed E-state index contributed by atoms with van der Waals surface area (Å²) in [6.45, 7) is 0. The van der Waals surface area contributed by atoms with Crippen molar-refractivity contribution in [3.8, 4) is 0 Å². The first-order valence-corrected chi connectivity index (χ1v) is 14.3. The van der Waals surface area contributed by atoms with Crippen LogP contribution >= 0.6 is 20.8 Å². The summed E-state index contributed by atoms with van der Waals surface area (Å²) in [6.07, 6.45) is 5.46. The summed E-state index contributed by atoms with van der Waals surface area (Å²) in [5.41, 5.74) is 1.22. The Hall–Kier alpha value is -2.47. The van der Waals surface area contributed by atoms with Gasteiger partial charge in [0.25, 0.3) is 0 Å². The van der Waals surface area contributed by atoms with Gasteiger partial charge in [-0.25, -0.2) is 0 Å². The van der Waals surface area contributed by atoms with Crippen LogP contribution in [0.1, 0.15) is 5.56 Å². The number of hydrogen-bond donors (Lipinski definition) is 0. The topological polar surface area (TPSA) is 0 Å². The monoisotopic (exact) mass is 458 g/mol. The van der Waals surface area contributed by atoms with Crippen molar-refractivity contribution in [2.45, 2.75) is 0 Å². The van der Waals surface area contributed by atoms with Crippen molar-refractivity contribution >= 4 is 42.8 Å². The Labute approximate surface area is 181 Å². The molecule has 0 nitrogen and oxygen atoms in total. The zero-order valence-electron chi connectivity index (χ0n) is 16.2. The first kappa shape index (κ1) is 19.8. The molecule has 29 heavy (non-hydrogen) atoms. The van der Waals surface area contributed by atoms with E-state index in [-0.39, 0.29) is 0 Å². The van der Waals surface area contributed by atoms with Crippen molar-refractivity contribution in [2.75, 3.05) is 6.16 Å². The molecule has 0 aromatic heterocycles. The average Bonchev–Trinajstić information content (AvgIpc) is 2.81. The van der Waals surface area contributed by atoms with Crippen LogP contribution in [0, 0.1) is 0 Å². The van der Waals surface area contributed by atoms with Gasteiger partial charge in [-0.1, -0.05) is 0 Å². The van der Waals surface area contributed by atoms with Crippen LogP contribution in [0.4, 0.5) is 0 Å². The zero-order chi connectivity index (χ0) is 20.0. The predicted molar refractivity (Wildman–Crippen MR) is 134 cm³/mol. The molecule has 0 unspecified atom stereocenters. The van der Waals surface area contributed by atoms with E-state index in [9.17, 15) is 0 Å². The van der Waals surface area contributed by atoms with E-state index < -0.39 is 5.31 Å². The second kappa shape index (κ2) is 8.49. The number of benzene rings is 4. The summed E-state index contributed by atoms with van der Waals surface area (Å²) < 4.78 is 0. The van der Waals surface area contributed by atoms with Crippen LogP contribution in [0.25, 0.3) is 6.08 Å². The van der Waals surface area contributed by atoms with E-state index in [1.165, 1.54) is 21.5 Å². The van der Waals surface area contributed by atoms with Gasteiger partial charge in [0.15, 0.2) is 0 Å². The maximum atomic E-state index is 4.47. The second-order valence-corrected chi connectivity index (χ2v) is 16.2. The number of allylic oxidation sites excluding steroid dienone is 1. The van der Waals surface area contributed by atoms with Crippen LogP contribution in [0.15, 0.2) is 127 Å². The average molecular weight is 459 g/mol. The normalized spacial score (nSPS) is 13.1. The van der Waals surface area contributed by atoms with E-state index in [0.717, 1.165) is 6.16 Å². The van der Waals surface area contributed by atoms with E-state index in [0.29, 0.717) is 0 Å². The Bertz CT molecular complexity index is 975. The van der Waals surface area contributed by atoms with Gasteiger partial charge in [-0.3, -0.25) is 0 Å². The molecule has 0 aliphatic heterocycles. The van der Waals surface area contributed by atoms with Crippen LogP contribution in [-0.2, 0) is 0 Å². The molecule has 0 amide bonds. The molecule has 0 N–H and O–H groups in total. The molecule has 4 rings (SSSR count). The third-order valence-electron chi connectivity index (χ3n) is 5.44. The van der Waals surface area contributed by atoms with Crippen LogP contribution in [0.3, 0.4) is 0 Å². The van der Waals surface area contributed by atoms with Gasteiger partial charge >= 0.3 is 182 Å². The van der Waals surface area contributed by atoms with Gasteiger partial charge in [0.05, 0.1) is 0 Å². The van der Waals surface area contributed by atoms with Crippen LogP contribution in [0.2, 0.25) is 0 Å². The van der Waals surface area contributed by atoms with E-state index in [2.05, 4.69) is 149 Å². The van der Waals surface area contributed by atoms with Gasteiger partial charge in [-0.2, -0.15) is 0 Å². The van der Waals surface area contributed by atoms with Crippen molar-refractivity contribution < 1.29 is 0 Å². The SMILES string of the molecule is BrP(C/C=C/c1ccccc1)(c1ccccc1)(c1ccccc1)c1ccccc1. The first-order valence-electron chi connectivity index (χ1n) is 9.83. The molecular formula is C27H24BrP. The Morgan fingerprint density at radius 3 is 1.24 bits per heavy atom. The van der Waals surface area contributed by atoms with Gasteiger partial charge in [-0.05, 0) is 0 Å². The molecule has 0 atom stereocenters. The van der Waals surface area contributed by atoms with Gasteiger partial charge in [0, 0.05) is 0 Å². The Morgan fingerprint density at radius 2 is 0.862 bits per heavy atom. The Balaban J connectivity index is 1.95. The molecule has 4 aromatic rings. The van der Waals surface area contributed by atoms with Crippen molar-refractivity contribution in [1.82, 2.24) is 0 Å². The van der Waals surface area contributed by atoms with E-state index in [1.54, 1.807) is 0 Å². The standard InChI is InChI=1S/C27H24BrP/c28-29(25-17-7-2-8-18-25,26-19-9-3-10-20-26,27-21-11-4-12-22-27)23-13-16-24-14-5-1-6-15-24/h1-22H,23H2/b16-13+. The minimum atomic E-state index is -2.87. The van der Waals surface area contributed by atoms with Gasteiger partial charge in [0.2, 0.25) is 0 Å². The summed E-state index contributed by atoms with van der Waals surface area (Å²) in [7, 11) is 0. The van der Waals surface area contributed by atoms with Crippen molar-refractivity contribution in [3.63, 3.8) is 0 Å². The maximum absolute atomic E-state index is 4.47. The van der Waals surface area contributed by atoms with Gasteiger partial charge in [-0.15, -0.1) is 0 Å². The van der Waals surface area contributed by atoms with Crippen LogP contribution < -0.4 is 15.9 Å². The number of halogens is 1. The summed E-state index contributed by atoms with van der Waals surface area (Å²) in [5, 5.41) is 1.16. The molecular weight excluding hydrogens is 435 g/mol. The summed E-state index contributed by atoms with van der Waals surface area (Å²) >= 11 is 4.47. The fraction of sp³-hybridized carbons (Fsp3) is 0.0370. The fourth-order valence-corrected chi connectivity index (χ4v) is 11.0. The minimum absolute atomic E-state index is 0.901.